The fourth-order valence-corrected chi connectivity index (χ4v) is 1.98. The van der Waals surface area contributed by atoms with E-state index in [1.165, 1.54) is 4.68 Å². The van der Waals surface area contributed by atoms with Crippen LogP contribution in [0.15, 0.2) is 30.3 Å². The Hall–Kier alpha value is -2.37. The Labute approximate surface area is 111 Å². The first-order valence-electron chi connectivity index (χ1n) is 6.11. The van der Waals surface area contributed by atoms with Crippen LogP contribution in [0.25, 0.3) is 0 Å². The molecule has 19 heavy (non-hydrogen) atoms. The van der Waals surface area contributed by atoms with Crippen LogP contribution in [0.3, 0.4) is 0 Å². The Morgan fingerprint density at radius 2 is 2.05 bits per heavy atom. The van der Waals surface area contributed by atoms with Gasteiger partial charge in [0.25, 0.3) is 0 Å². The predicted molar refractivity (Wildman–Crippen MR) is 73.0 cm³/mol. The molecule has 1 heterocycles. The Balaban J connectivity index is 2.25. The third kappa shape index (κ3) is 2.73. The number of nitrogens with one attached hydrogen (secondary N) is 1. The molecule has 0 saturated carbocycles. The van der Waals surface area contributed by atoms with E-state index < -0.39 is 0 Å². The maximum atomic E-state index is 11.1. The molecule has 0 unspecified atom stereocenters. The van der Waals surface area contributed by atoms with Crippen molar-refractivity contribution in [2.45, 2.75) is 19.9 Å². The Morgan fingerprint density at radius 1 is 1.37 bits per heavy atom. The molecular weight excluding hydrogens is 244 g/mol. The van der Waals surface area contributed by atoms with Gasteiger partial charge in [-0.05, 0) is 12.0 Å². The molecular formula is C13H16N4O2. The molecule has 1 N–H and O–H groups in total. The second kappa shape index (κ2) is 5.51. The number of nitrogens with zero attached hydrogens (tertiary/aromatic N) is 3. The number of anilines is 1. The van der Waals surface area contributed by atoms with Gasteiger partial charge in [0.1, 0.15) is 5.69 Å². The van der Waals surface area contributed by atoms with Crippen molar-refractivity contribution in [2.75, 3.05) is 5.32 Å². The second-order valence-corrected chi connectivity index (χ2v) is 4.22. The van der Waals surface area contributed by atoms with E-state index in [0.29, 0.717) is 24.5 Å². The number of aryl methyl sites for hydroxylation is 2. The van der Waals surface area contributed by atoms with E-state index in [0.717, 1.165) is 5.56 Å². The van der Waals surface area contributed by atoms with Gasteiger partial charge in [0.05, 0.1) is 4.92 Å². The third-order valence-corrected chi connectivity index (χ3v) is 2.91. The molecule has 0 bridgehead atoms. The maximum absolute atomic E-state index is 11.1. The minimum absolute atomic E-state index is 0.0703. The second-order valence-electron chi connectivity index (χ2n) is 4.22. The number of hydrogen-bond acceptors (Lipinski definition) is 4. The van der Waals surface area contributed by atoms with E-state index in [1.54, 1.807) is 7.05 Å². The van der Waals surface area contributed by atoms with Gasteiger partial charge >= 0.3 is 5.69 Å². The zero-order chi connectivity index (χ0) is 13.8. The van der Waals surface area contributed by atoms with Crippen LogP contribution in [0.4, 0.5) is 11.5 Å². The summed E-state index contributed by atoms with van der Waals surface area (Å²) >= 11 is 0. The van der Waals surface area contributed by atoms with Crippen LogP contribution in [0, 0.1) is 10.1 Å². The highest BCUT2D eigenvalue weighted by atomic mass is 16.6. The summed E-state index contributed by atoms with van der Waals surface area (Å²) < 4.78 is 1.53. The highest BCUT2D eigenvalue weighted by Crippen LogP contribution is 2.28. The Morgan fingerprint density at radius 3 is 2.63 bits per heavy atom. The summed E-state index contributed by atoms with van der Waals surface area (Å²) in [7, 11) is 1.71. The molecule has 6 heteroatoms. The summed E-state index contributed by atoms with van der Waals surface area (Å²) in [5, 5.41) is 18.4. The molecule has 0 radical (unpaired) electrons. The van der Waals surface area contributed by atoms with Crippen molar-refractivity contribution in [3.05, 3.63) is 51.7 Å². The maximum Gasteiger partial charge on any atom is 0.333 e. The molecule has 0 aliphatic carbocycles. The third-order valence-electron chi connectivity index (χ3n) is 2.91. The summed E-state index contributed by atoms with van der Waals surface area (Å²) in [4.78, 5) is 10.8. The number of rotatable bonds is 5. The predicted octanol–water partition coefficient (Wildman–Crippen LogP) is 2.50. The first kappa shape index (κ1) is 13.1. The quantitative estimate of drug-likeness (QED) is 0.662. The lowest BCUT2D eigenvalue weighted by molar-refractivity contribution is -0.384. The lowest BCUT2D eigenvalue weighted by Crippen LogP contribution is -2.06. The summed E-state index contributed by atoms with van der Waals surface area (Å²) in [6, 6.07) is 9.75. The van der Waals surface area contributed by atoms with E-state index in [1.807, 2.05) is 37.3 Å². The molecule has 0 saturated heterocycles. The van der Waals surface area contributed by atoms with Gasteiger partial charge in [-0.25, -0.2) is 4.68 Å². The average molecular weight is 260 g/mol. The van der Waals surface area contributed by atoms with Gasteiger partial charge in [0.2, 0.25) is 5.82 Å². The molecule has 1 aromatic carbocycles. The lowest BCUT2D eigenvalue weighted by Gasteiger charge is -2.05. The molecule has 0 aliphatic rings. The zero-order valence-electron chi connectivity index (χ0n) is 11.0. The number of nitro groups is 1. The fourth-order valence-electron chi connectivity index (χ4n) is 1.98. The van der Waals surface area contributed by atoms with Crippen LogP contribution in [0.1, 0.15) is 18.2 Å². The minimum atomic E-state index is -0.376. The van der Waals surface area contributed by atoms with Crippen molar-refractivity contribution in [2.24, 2.45) is 7.05 Å². The Bertz CT molecular complexity index is 578. The highest BCUT2D eigenvalue weighted by Gasteiger charge is 2.25. The van der Waals surface area contributed by atoms with Crippen molar-refractivity contribution >= 4 is 11.5 Å². The van der Waals surface area contributed by atoms with Gasteiger partial charge in [-0.15, -0.1) is 0 Å². The van der Waals surface area contributed by atoms with Crippen LogP contribution in [0.2, 0.25) is 0 Å². The fraction of sp³-hybridized carbons (Fsp3) is 0.308. The molecule has 2 rings (SSSR count). The van der Waals surface area contributed by atoms with Gasteiger partial charge in [-0.3, -0.25) is 10.1 Å². The highest BCUT2D eigenvalue weighted by molar-refractivity contribution is 5.59. The van der Waals surface area contributed by atoms with E-state index in [-0.39, 0.29) is 10.6 Å². The Kier molecular flexibility index (Phi) is 3.79. The number of aromatic nitrogens is 2. The van der Waals surface area contributed by atoms with Crippen LogP contribution >= 0.6 is 0 Å². The minimum Gasteiger partial charge on any atom is -0.360 e. The van der Waals surface area contributed by atoms with Gasteiger partial charge < -0.3 is 5.32 Å². The molecule has 0 fully saturated rings. The van der Waals surface area contributed by atoms with Crippen molar-refractivity contribution in [1.29, 1.82) is 0 Å². The standard InChI is InChI=1S/C13H16N4O2/c1-3-11-12(17(18)19)13(16(2)15-11)14-9-10-7-5-4-6-8-10/h4-8,14H,3,9H2,1-2H3. The van der Waals surface area contributed by atoms with E-state index in [2.05, 4.69) is 10.4 Å². The molecule has 0 atom stereocenters. The van der Waals surface area contributed by atoms with Crippen molar-refractivity contribution in [1.82, 2.24) is 9.78 Å². The van der Waals surface area contributed by atoms with Gasteiger partial charge in [0.15, 0.2) is 0 Å². The smallest absolute Gasteiger partial charge is 0.333 e. The molecule has 6 nitrogen and oxygen atoms in total. The molecule has 1 aromatic heterocycles. The van der Waals surface area contributed by atoms with Crippen LogP contribution in [-0.4, -0.2) is 14.7 Å². The van der Waals surface area contributed by atoms with Crippen molar-refractivity contribution < 1.29 is 4.92 Å². The zero-order valence-corrected chi connectivity index (χ0v) is 11.0. The van der Waals surface area contributed by atoms with Crippen LogP contribution in [-0.2, 0) is 20.0 Å². The van der Waals surface area contributed by atoms with Crippen molar-refractivity contribution in [3.8, 4) is 0 Å². The molecule has 0 amide bonds. The molecule has 0 spiro atoms. The van der Waals surface area contributed by atoms with E-state index in [4.69, 9.17) is 0 Å². The monoisotopic (exact) mass is 260 g/mol. The number of benzene rings is 1. The van der Waals surface area contributed by atoms with Gasteiger partial charge in [0, 0.05) is 13.6 Å². The average Bonchev–Trinajstić information content (AvgIpc) is 2.74. The van der Waals surface area contributed by atoms with Crippen LogP contribution in [0.5, 0.6) is 0 Å². The van der Waals surface area contributed by atoms with Crippen LogP contribution < -0.4 is 5.32 Å². The first-order valence-corrected chi connectivity index (χ1v) is 6.11. The molecule has 2 aromatic rings. The largest absolute Gasteiger partial charge is 0.360 e. The molecule has 100 valence electrons. The molecule has 0 aliphatic heterocycles. The number of hydrogen-bond donors (Lipinski definition) is 1. The van der Waals surface area contributed by atoms with E-state index in [9.17, 15) is 10.1 Å². The lowest BCUT2D eigenvalue weighted by atomic mass is 10.2. The van der Waals surface area contributed by atoms with Gasteiger partial charge in [-0.1, -0.05) is 37.3 Å². The topological polar surface area (TPSA) is 73.0 Å². The summed E-state index contributed by atoms with van der Waals surface area (Å²) in [5.41, 5.74) is 1.64. The first-order chi connectivity index (χ1) is 9.13. The summed E-state index contributed by atoms with van der Waals surface area (Å²) in [5.74, 6) is 0.450. The summed E-state index contributed by atoms with van der Waals surface area (Å²) in [6.45, 7) is 2.39. The van der Waals surface area contributed by atoms with Gasteiger partial charge in [-0.2, -0.15) is 5.10 Å². The summed E-state index contributed by atoms with van der Waals surface area (Å²) in [6.07, 6.45) is 0.539. The van der Waals surface area contributed by atoms with E-state index >= 15 is 0 Å². The SMILES string of the molecule is CCc1nn(C)c(NCc2ccccc2)c1[N+](=O)[O-]. The van der Waals surface area contributed by atoms with Crippen molar-refractivity contribution in [3.63, 3.8) is 0 Å². The normalized spacial score (nSPS) is 10.4.